The second-order valence-electron chi connectivity index (χ2n) is 3.91. The van der Waals surface area contributed by atoms with Crippen LogP contribution in [0.2, 0.25) is 0 Å². The Morgan fingerprint density at radius 3 is 0.840 bits per heavy atom. The molecular weight excluding hydrogens is 418 g/mol. The van der Waals surface area contributed by atoms with Crippen LogP contribution in [0.4, 0.5) is 0 Å². The zero-order chi connectivity index (χ0) is 15.7. The Balaban J connectivity index is -0.000000180. The topological polar surface area (TPSA) is 230 Å². The van der Waals surface area contributed by atoms with Crippen molar-refractivity contribution in [1.29, 1.82) is 0 Å². The van der Waals surface area contributed by atoms with Crippen LogP contribution in [0.3, 0.4) is 0 Å². The van der Waals surface area contributed by atoms with E-state index in [9.17, 15) is 39.6 Å². The van der Waals surface area contributed by atoms with Gasteiger partial charge in [0.15, 0.2) is 0 Å². The number of carbonyl (C=O) groups is 4. The average molecular weight is 434 g/mol. The first kappa shape index (κ1) is 40.1. The first-order valence-corrected chi connectivity index (χ1v) is 5.44. The van der Waals surface area contributed by atoms with Gasteiger partial charge in [0.2, 0.25) is 0 Å². The van der Waals surface area contributed by atoms with E-state index in [1.165, 1.54) is 0 Å². The molecule has 0 spiro atoms. The molecule has 0 saturated heterocycles. The van der Waals surface area contributed by atoms with Gasteiger partial charge >= 0.3 is 76.2 Å². The molecule has 1 radical (unpaired) electrons. The molecule has 0 rings (SSSR count). The summed E-state index contributed by atoms with van der Waals surface area (Å²) in [6, 6.07) is 0. The maximum absolute atomic E-state index is 10.4. The van der Waals surface area contributed by atoms with Gasteiger partial charge in [0.05, 0.1) is 23.9 Å². The third-order valence-corrected chi connectivity index (χ3v) is 2.14. The molecule has 0 saturated carbocycles. The Morgan fingerprint density at radius 2 is 0.720 bits per heavy atom. The fourth-order valence-electron chi connectivity index (χ4n) is 1.44. The Labute approximate surface area is 198 Å². The maximum Gasteiger partial charge on any atom is 2.00 e. The average Bonchev–Trinajstić information content (AvgIpc) is 2.22. The Hall–Kier alpha value is 0.239. The largest absolute Gasteiger partial charge is 2.00 e. The van der Waals surface area contributed by atoms with Crippen LogP contribution in [-0.4, -0.2) is 83.9 Å². The van der Waals surface area contributed by atoms with Crippen molar-refractivity contribution in [3.63, 3.8) is 0 Å². The normalized spacial score (nSPS) is 8.56. The Morgan fingerprint density at radius 1 is 0.560 bits per heavy atom. The van der Waals surface area contributed by atoms with Crippen LogP contribution in [0.15, 0.2) is 0 Å². The molecule has 4 N–H and O–H groups in total. The molecule has 0 aliphatic heterocycles. The summed E-state index contributed by atoms with van der Waals surface area (Å²) in [5.74, 6) is -6.12. The van der Waals surface area contributed by atoms with Crippen LogP contribution in [0.1, 0.15) is 0 Å². The number of carbonyl (C=O) groups excluding carboxylic acids is 4. The molecular formula is C10H16CuN2Na2O10. The number of hydrogen-bond acceptors (Lipinski definition) is 10. The van der Waals surface area contributed by atoms with Crippen LogP contribution < -0.4 is 79.5 Å². The molecule has 12 nitrogen and oxygen atoms in total. The van der Waals surface area contributed by atoms with Gasteiger partial charge in [0.1, 0.15) is 0 Å². The molecule has 0 aliphatic carbocycles. The van der Waals surface area contributed by atoms with E-state index >= 15 is 0 Å². The van der Waals surface area contributed by atoms with Crippen molar-refractivity contribution in [3.05, 3.63) is 0 Å². The molecule has 0 aromatic rings. The number of aliphatic carboxylic acids is 4. The van der Waals surface area contributed by atoms with E-state index in [2.05, 4.69) is 0 Å². The number of nitrogens with zero attached hydrogens (tertiary/aromatic N) is 2. The molecule has 139 valence electrons. The van der Waals surface area contributed by atoms with Crippen molar-refractivity contribution < 1.29 is 127 Å². The zero-order valence-electron chi connectivity index (χ0n) is 13.7. The van der Waals surface area contributed by atoms with E-state index in [0.29, 0.717) is 0 Å². The van der Waals surface area contributed by atoms with Gasteiger partial charge in [-0.05, 0) is 0 Å². The smallest absolute Gasteiger partial charge is 0.549 e. The summed E-state index contributed by atoms with van der Waals surface area (Å²) in [5, 5.41) is 41.6. The van der Waals surface area contributed by atoms with Gasteiger partial charge < -0.3 is 50.6 Å². The molecule has 0 aliphatic rings. The molecule has 0 heterocycles. The van der Waals surface area contributed by atoms with Gasteiger partial charge in [-0.2, -0.15) is 0 Å². The summed E-state index contributed by atoms with van der Waals surface area (Å²) >= 11 is 0. The molecule has 0 bridgehead atoms. The van der Waals surface area contributed by atoms with Crippen LogP contribution >= 0.6 is 0 Å². The van der Waals surface area contributed by atoms with Crippen molar-refractivity contribution in [3.8, 4) is 0 Å². The molecule has 25 heavy (non-hydrogen) atoms. The van der Waals surface area contributed by atoms with E-state index in [0.717, 1.165) is 9.80 Å². The third kappa shape index (κ3) is 26.6. The maximum atomic E-state index is 10.4. The van der Waals surface area contributed by atoms with Crippen molar-refractivity contribution in [2.45, 2.75) is 0 Å². The van der Waals surface area contributed by atoms with Crippen molar-refractivity contribution in [2.75, 3.05) is 39.3 Å². The molecule has 15 heteroatoms. The summed E-state index contributed by atoms with van der Waals surface area (Å²) in [7, 11) is 0. The minimum absolute atomic E-state index is 0. The fourth-order valence-corrected chi connectivity index (χ4v) is 1.44. The molecule has 0 atom stereocenters. The summed E-state index contributed by atoms with van der Waals surface area (Å²) in [4.78, 5) is 43.4. The van der Waals surface area contributed by atoms with Gasteiger partial charge in [-0.15, -0.1) is 0 Å². The standard InChI is InChI=1S/C10H16N2O8.Cu.2Na.2H2O/c13-7(14)3-11(4-8(15)16)1-2-12(5-9(17)18)6-10(19)20;;;;;/h1-6H2,(H,13,14)(H,15,16)(H,17,18)(H,19,20);;;;2*1H2/q;+2;2*+1;;/p-4. The molecule has 0 amide bonds. The van der Waals surface area contributed by atoms with Crippen molar-refractivity contribution in [2.24, 2.45) is 0 Å². The zero-order valence-corrected chi connectivity index (χ0v) is 18.6. The van der Waals surface area contributed by atoms with E-state index < -0.39 is 50.1 Å². The van der Waals surface area contributed by atoms with E-state index in [1.54, 1.807) is 0 Å². The predicted octanol–water partition coefficient (Wildman–Crippen LogP) is -15.1. The number of carboxylic acids is 4. The molecule has 0 aromatic heterocycles. The van der Waals surface area contributed by atoms with Crippen molar-refractivity contribution in [1.82, 2.24) is 9.80 Å². The van der Waals surface area contributed by atoms with Gasteiger partial charge in [-0.25, -0.2) is 0 Å². The first-order chi connectivity index (χ1) is 9.20. The molecule has 0 aromatic carbocycles. The van der Waals surface area contributed by atoms with Crippen LogP contribution in [0, 0.1) is 0 Å². The Bertz CT molecular complexity index is 334. The van der Waals surface area contributed by atoms with Gasteiger partial charge in [0, 0.05) is 39.3 Å². The summed E-state index contributed by atoms with van der Waals surface area (Å²) < 4.78 is 0. The van der Waals surface area contributed by atoms with Crippen LogP contribution in [0.5, 0.6) is 0 Å². The van der Waals surface area contributed by atoms with E-state index in [-0.39, 0.29) is 100 Å². The monoisotopic (exact) mass is 433 g/mol. The number of rotatable bonds is 11. The fraction of sp³-hybridized carbons (Fsp3) is 0.600. The second-order valence-corrected chi connectivity index (χ2v) is 3.91. The molecule has 0 unspecified atom stereocenters. The quantitative estimate of drug-likeness (QED) is 0.279. The minimum Gasteiger partial charge on any atom is -0.549 e. The first-order valence-electron chi connectivity index (χ1n) is 5.44. The van der Waals surface area contributed by atoms with Gasteiger partial charge in [-0.3, -0.25) is 9.80 Å². The number of carboxylic acid groups (broad SMARTS) is 4. The van der Waals surface area contributed by atoms with Crippen molar-refractivity contribution >= 4 is 23.9 Å². The summed E-state index contributed by atoms with van der Waals surface area (Å²) in [5.41, 5.74) is 0. The predicted molar refractivity (Wildman–Crippen MR) is 60.1 cm³/mol. The SMILES string of the molecule is O.O.O=C([O-])CN(CCN(CC(=O)[O-])CC(=O)[O-])CC(=O)[O-].[Cu+2].[Na+].[Na+]. The van der Waals surface area contributed by atoms with Crippen LogP contribution in [-0.2, 0) is 36.2 Å². The molecule has 0 fully saturated rings. The van der Waals surface area contributed by atoms with E-state index in [1.807, 2.05) is 0 Å². The summed E-state index contributed by atoms with van der Waals surface area (Å²) in [6.45, 7) is -3.25. The van der Waals surface area contributed by atoms with Gasteiger partial charge in [0.25, 0.3) is 0 Å². The minimum atomic E-state index is -1.53. The second kappa shape index (κ2) is 22.3. The summed E-state index contributed by atoms with van der Waals surface area (Å²) in [6.07, 6.45) is 0. The number of hydrogen-bond donors (Lipinski definition) is 0. The van der Waals surface area contributed by atoms with Gasteiger partial charge in [-0.1, -0.05) is 0 Å². The third-order valence-electron chi connectivity index (χ3n) is 2.14. The van der Waals surface area contributed by atoms with E-state index in [4.69, 9.17) is 0 Å². The Kier molecular flexibility index (Phi) is 35.7. The van der Waals surface area contributed by atoms with Crippen LogP contribution in [0.25, 0.3) is 0 Å².